The average molecular weight is 266 g/mol. The molecule has 108 valence electrons. The van der Waals surface area contributed by atoms with Crippen molar-refractivity contribution in [2.45, 2.75) is 45.3 Å². The van der Waals surface area contributed by atoms with Gasteiger partial charge >= 0.3 is 0 Å². The van der Waals surface area contributed by atoms with E-state index in [-0.39, 0.29) is 6.04 Å². The van der Waals surface area contributed by atoms with Gasteiger partial charge in [0.1, 0.15) is 0 Å². The summed E-state index contributed by atoms with van der Waals surface area (Å²) in [5, 5.41) is 3.40. The Bertz CT molecular complexity index is 373. The van der Waals surface area contributed by atoms with E-state index in [0.29, 0.717) is 12.6 Å². The van der Waals surface area contributed by atoms with Gasteiger partial charge in [0.05, 0.1) is 6.61 Å². The number of methoxy groups -OCH3 is 1. The molecule has 1 aromatic heterocycles. The van der Waals surface area contributed by atoms with Crippen LogP contribution in [0, 0.1) is 0 Å². The van der Waals surface area contributed by atoms with Gasteiger partial charge in [-0.15, -0.1) is 0 Å². The van der Waals surface area contributed by atoms with Gasteiger partial charge in [-0.2, -0.15) is 0 Å². The third-order valence-electron chi connectivity index (χ3n) is 3.73. The van der Waals surface area contributed by atoms with Crippen molar-refractivity contribution in [3.63, 3.8) is 0 Å². The first kappa shape index (κ1) is 14.3. The maximum atomic E-state index is 5.15. The van der Waals surface area contributed by atoms with Gasteiger partial charge < -0.3 is 14.6 Å². The van der Waals surface area contributed by atoms with Gasteiger partial charge in [-0.1, -0.05) is 0 Å². The zero-order chi connectivity index (χ0) is 13.7. The molecule has 0 radical (unpaired) electrons. The summed E-state index contributed by atoms with van der Waals surface area (Å²) in [6.45, 7) is 8.55. The van der Waals surface area contributed by atoms with Gasteiger partial charge in [-0.25, -0.2) is 4.98 Å². The van der Waals surface area contributed by atoms with Gasteiger partial charge in [0, 0.05) is 38.1 Å². The minimum absolute atomic E-state index is 0.272. The fourth-order valence-corrected chi connectivity index (χ4v) is 2.69. The number of hydrogen-bond acceptors (Lipinski definition) is 4. The predicted octanol–water partition coefficient (Wildman–Crippen LogP) is 1.81. The first-order chi connectivity index (χ1) is 9.20. The second kappa shape index (κ2) is 6.91. The van der Waals surface area contributed by atoms with E-state index in [0.717, 1.165) is 12.5 Å². The minimum atomic E-state index is 0.272. The third kappa shape index (κ3) is 3.94. The molecule has 0 aromatic carbocycles. The lowest BCUT2D eigenvalue weighted by Gasteiger charge is -2.25. The predicted molar refractivity (Wildman–Crippen MR) is 77.5 cm³/mol. The van der Waals surface area contributed by atoms with Crippen LogP contribution in [-0.4, -0.2) is 53.3 Å². The highest BCUT2D eigenvalue weighted by Gasteiger charge is 2.19. The number of hydrogen-bond donors (Lipinski definition) is 1. The van der Waals surface area contributed by atoms with Gasteiger partial charge in [0.2, 0.25) is 5.95 Å². The summed E-state index contributed by atoms with van der Waals surface area (Å²) in [4.78, 5) is 6.95. The van der Waals surface area contributed by atoms with Gasteiger partial charge in [0.25, 0.3) is 0 Å². The largest absolute Gasteiger partial charge is 0.383 e. The summed E-state index contributed by atoms with van der Waals surface area (Å²) in [7, 11) is 1.72. The first-order valence-electron chi connectivity index (χ1n) is 7.21. The highest BCUT2D eigenvalue weighted by atomic mass is 16.5. The Morgan fingerprint density at radius 2 is 2.11 bits per heavy atom. The highest BCUT2D eigenvalue weighted by Crippen LogP contribution is 2.15. The topological polar surface area (TPSA) is 42.3 Å². The molecule has 2 rings (SSSR count). The Morgan fingerprint density at radius 3 is 2.79 bits per heavy atom. The van der Waals surface area contributed by atoms with Crippen LogP contribution in [0.15, 0.2) is 12.4 Å². The number of nitrogens with one attached hydrogen (secondary N) is 1. The fourth-order valence-electron chi connectivity index (χ4n) is 2.69. The number of anilines is 1. The lowest BCUT2D eigenvalue weighted by atomic mass is 10.3. The van der Waals surface area contributed by atoms with Crippen LogP contribution in [0.1, 0.15) is 26.7 Å². The van der Waals surface area contributed by atoms with Crippen molar-refractivity contribution >= 4 is 5.95 Å². The first-order valence-corrected chi connectivity index (χ1v) is 7.21. The van der Waals surface area contributed by atoms with E-state index < -0.39 is 0 Å². The lowest BCUT2D eigenvalue weighted by molar-refractivity contribution is 0.189. The van der Waals surface area contributed by atoms with Crippen LogP contribution in [0.5, 0.6) is 0 Å². The molecular formula is C14H26N4O. The van der Waals surface area contributed by atoms with E-state index >= 15 is 0 Å². The van der Waals surface area contributed by atoms with E-state index in [9.17, 15) is 0 Å². The molecule has 0 aliphatic carbocycles. The molecule has 0 bridgehead atoms. The molecule has 2 atom stereocenters. The SMILES string of the molecule is COCC(C)Nc1nccn1CC(C)N1CCCC1. The fraction of sp³-hybridized carbons (Fsp3) is 0.786. The Hall–Kier alpha value is -1.07. The lowest BCUT2D eigenvalue weighted by Crippen LogP contribution is -2.34. The molecule has 1 saturated heterocycles. The summed E-state index contributed by atoms with van der Waals surface area (Å²) in [5.41, 5.74) is 0. The summed E-state index contributed by atoms with van der Waals surface area (Å²) >= 11 is 0. The van der Waals surface area contributed by atoms with Crippen LogP contribution in [0.25, 0.3) is 0 Å². The molecule has 0 spiro atoms. The molecule has 5 heteroatoms. The van der Waals surface area contributed by atoms with Crippen LogP contribution in [0.2, 0.25) is 0 Å². The molecule has 0 amide bonds. The Morgan fingerprint density at radius 1 is 1.37 bits per heavy atom. The number of aromatic nitrogens is 2. The van der Waals surface area contributed by atoms with Crippen LogP contribution in [-0.2, 0) is 11.3 Å². The van der Waals surface area contributed by atoms with E-state index in [2.05, 4.69) is 39.8 Å². The third-order valence-corrected chi connectivity index (χ3v) is 3.73. The van der Waals surface area contributed by atoms with Crippen molar-refractivity contribution in [2.24, 2.45) is 0 Å². The van der Waals surface area contributed by atoms with Crippen LogP contribution >= 0.6 is 0 Å². The Balaban J connectivity index is 1.91. The molecule has 19 heavy (non-hydrogen) atoms. The molecule has 5 nitrogen and oxygen atoms in total. The molecule has 1 N–H and O–H groups in total. The molecule has 2 heterocycles. The minimum Gasteiger partial charge on any atom is -0.383 e. The maximum absolute atomic E-state index is 5.15. The molecular weight excluding hydrogens is 240 g/mol. The van der Waals surface area contributed by atoms with Crippen LogP contribution in [0.4, 0.5) is 5.95 Å². The quantitative estimate of drug-likeness (QED) is 0.817. The van der Waals surface area contributed by atoms with Crippen molar-refractivity contribution in [1.29, 1.82) is 0 Å². The molecule has 2 unspecified atom stereocenters. The van der Waals surface area contributed by atoms with Crippen molar-refractivity contribution in [1.82, 2.24) is 14.5 Å². The zero-order valence-electron chi connectivity index (χ0n) is 12.3. The summed E-state index contributed by atoms with van der Waals surface area (Å²) in [6.07, 6.45) is 6.58. The molecule has 1 aromatic rings. The van der Waals surface area contributed by atoms with Gasteiger partial charge in [-0.05, 0) is 39.8 Å². The number of nitrogens with zero attached hydrogens (tertiary/aromatic N) is 3. The Kier molecular flexibility index (Phi) is 5.22. The average Bonchev–Trinajstić information content (AvgIpc) is 3.01. The molecule has 1 fully saturated rings. The number of imidazole rings is 1. The van der Waals surface area contributed by atoms with Crippen molar-refractivity contribution in [2.75, 3.05) is 32.1 Å². The summed E-state index contributed by atoms with van der Waals surface area (Å²) in [5.74, 6) is 0.940. The standard InChI is InChI=1S/C14H26N4O/c1-12(11-19-3)16-14-15-6-9-18(14)10-13(2)17-7-4-5-8-17/h6,9,12-13H,4-5,7-8,10-11H2,1-3H3,(H,15,16). The second-order valence-electron chi connectivity index (χ2n) is 5.50. The summed E-state index contributed by atoms with van der Waals surface area (Å²) < 4.78 is 7.35. The molecule has 0 saturated carbocycles. The van der Waals surface area contributed by atoms with Gasteiger partial charge in [0.15, 0.2) is 0 Å². The maximum Gasteiger partial charge on any atom is 0.203 e. The Labute approximate surface area is 116 Å². The van der Waals surface area contributed by atoms with Crippen molar-refractivity contribution in [3.8, 4) is 0 Å². The van der Waals surface area contributed by atoms with Crippen LogP contribution in [0.3, 0.4) is 0 Å². The van der Waals surface area contributed by atoms with E-state index in [4.69, 9.17) is 4.74 Å². The van der Waals surface area contributed by atoms with Crippen molar-refractivity contribution in [3.05, 3.63) is 12.4 Å². The van der Waals surface area contributed by atoms with Gasteiger partial charge in [-0.3, -0.25) is 4.90 Å². The second-order valence-corrected chi connectivity index (χ2v) is 5.50. The molecule has 1 aliphatic rings. The van der Waals surface area contributed by atoms with E-state index in [1.54, 1.807) is 7.11 Å². The van der Waals surface area contributed by atoms with E-state index in [1.165, 1.54) is 25.9 Å². The molecule has 1 aliphatic heterocycles. The summed E-state index contributed by atoms with van der Waals surface area (Å²) in [6, 6.07) is 0.836. The van der Waals surface area contributed by atoms with E-state index in [1.807, 2.05) is 6.20 Å². The number of likely N-dealkylation sites (tertiary alicyclic amines) is 1. The monoisotopic (exact) mass is 266 g/mol. The smallest absolute Gasteiger partial charge is 0.203 e. The van der Waals surface area contributed by atoms with Crippen LogP contribution < -0.4 is 5.32 Å². The normalized spacial score (nSPS) is 19.5. The number of ether oxygens (including phenoxy) is 1. The number of rotatable bonds is 7. The zero-order valence-corrected chi connectivity index (χ0v) is 12.3. The highest BCUT2D eigenvalue weighted by molar-refractivity contribution is 5.27. The van der Waals surface area contributed by atoms with Crippen molar-refractivity contribution < 1.29 is 4.74 Å².